The van der Waals surface area contributed by atoms with E-state index in [0.29, 0.717) is 17.9 Å². The van der Waals surface area contributed by atoms with Gasteiger partial charge in [-0.15, -0.1) is 0 Å². The molecule has 1 N–H and O–H groups in total. The molecular formula is C14H18N2O3. The van der Waals surface area contributed by atoms with Gasteiger partial charge < -0.3 is 14.6 Å². The summed E-state index contributed by atoms with van der Waals surface area (Å²) in [6.45, 7) is 0. The van der Waals surface area contributed by atoms with Crippen LogP contribution in [-0.4, -0.2) is 29.1 Å². The smallest absolute Gasteiger partial charge is 0.162 e. The molecule has 0 aliphatic heterocycles. The molecule has 5 nitrogen and oxygen atoms in total. The van der Waals surface area contributed by atoms with Crippen molar-refractivity contribution in [1.29, 1.82) is 0 Å². The number of hydrogen-bond donors (Lipinski definition) is 1. The maximum absolute atomic E-state index is 10.3. The lowest BCUT2D eigenvalue weighted by atomic mass is 10.1. The van der Waals surface area contributed by atoms with Gasteiger partial charge in [0.2, 0.25) is 0 Å². The van der Waals surface area contributed by atoms with Crippen LogP contribution in [0.4, 0.5) is 0 Å². The highest BCUT2D eigenvalue weighted by Crippen LogP contribution is 2.27. The number of aliphatic hydroxyl groups excluding tert-OH is 1. The predicted molar refractivity (Wildman–Crippen MR) is 71.4 cm³/mol. The second-order valence-corrected chi connectivity index (χ2v) is 4.29. The third-order valence-electron chi connectivity index (χ3n) is 3.07. The molecule has 1 aromatic carbocycles. The van der Waals surface area contributed by atoms with E-state index in [2.05, 4.69) is 5.10 Å². The zero-order chi connectivity index (χ0) is 13.8. The maximum Gasteiger partial charge on any atom is 0.162 e. The number of aliphatic hydroxyl groups is 1. The second kappa shape index (κ2) is 5.75. The van der Waals surface area contributed by atoms with Crippen molar-refractivity contribution < 1.29 is 14.6 Å². The quantitative estimate of drug-likeness (QED) is 0.891. The first kappa shape index (κ1) is 13.4. The first-order valence-electron chi connectivity index (χ1n) is 6.02. The number of nitrogens with zero attached hydrogens (tertiary/aromatic N) is 2. The van der Waals surface area contributed by atoms with Gasteiger partial charge in [0.1, 0.15) is 17.5 Å². The van der Waals surface area contributed by atoms with Crippen LogP contribution in [0, 0.1) is 0 Å². The highest BCUT2D eigenvalue weighted by atomic mass is 16.5. The highest BCUT2D eigenvalue weighted by molar-refractivity contribution is 5.31. The van der Waals surface area contributed by atoms with E-state index in [-0.39, 0.29) is 0 Å². The van der Waals surface area contributed by atoms with Crippen molar-refractivity contribution in [3.63, 3.8) is 0 Å². The third kappa shape index (κ3) is 2.88. The minimum Gasteiger partial charge on any atom is -0.497 e. The molecule has 102 valence electrons. The molecule has 0 saturated heterocycles. The van der Waals surface area contributed by atoms with Crippen molar-refractivity contribution >= 4 is 0 Å². The first-order valence-corrected chi connectivity index (χ1v) is 6.02. The normalized spacial score (nSPS) is 12.2. The summed E-state index contributed by atoms with van der Waals surface area (Å²) in [5.41, 5.74) is 1.70. The summed E-state index contributed by atoms with van der Waals surface area (Å²) in [5.74, 6) is 1.40. The van der Waals surface area contributed by atoms with Gasteiger partial charge in [0.25, 0.3) is 0 Å². The minimum atomic E-state index is -0.657. The Labute approximate surface area is 112 Å². The van der Waals surface area contributed by atoms with Crippen LogP contribution in [0.5, 0.6) is 11.5 Å². The molecule has 0 saturated carbocycles. The summed E-state index contributed by atoms with van der Waals surface area (Å²) in [5, 5.41) is 14.4. The lowest BCUT2D eigenvalue weighted by Crippen LogP contribution is -2.09. The number of methoxy groups -OCH3 is 2. The SMILES string of the molecule is COc1ccc(CC(O)c2c(OC)cnn2C)cc1. The predicted octanol–water partition coefficient (Wildman–Crippen LogP) is 1.71. The molecule has 0 fully saturated rings. The number of benzene rings is 1. The molecule has 19 heavy (non-hydrogen) atoms. The Bertz CT molecular complexity index is 534. The van der Waals surface area contributed by atoms with Crippen LogP contribution in [0.3, 0.4) is 0 Å². The van der Waals surface area contributed by atoms with Crippen LogP contribution < -0.4 is 9.47 Å². The molecule has 0 spiro atoms. The first-order chi connectivity index (χ1) is 9.15. The number of aryl methyl sites for hydroxylation is 1. The van der Waals surface area contributed by atoms with Crippen molar-refractivity contribution in [1.82, 2.24) is 9.78 Å². The lowest BCUT2D eigenvalue weighted by Gasteiger charge is -2.13. The minimum absolute atomic E-state index is 0.500. The van der Waals surface area contributed by atoms with Crippen LogP contribution in [-0.2, 0) is 13.5 Å². The zero-order valence-corrected chi connectivity index (χ0v) is 11.3. The largest absolute Gasteiger partial charge is 0.497 e. The van der Waals surface area contributed by atoms with Gasteiger partial charge in [-0.1, -0.05) is 12.1 Å². The maximum atomic E-state index is 10.3. The average molecular weight is 262 g/mol. The number of aromatic nitrogens is 2. The third-order valence-corrected chi connectivity index (χ3v) is 3.07. The Morgan fingerprint density at radius 3 is 2.47 bits per heavy atom. The van der Waals surface area contributed by atoms with Crippen LogP contribution in [0.2, 0.25) is 0 Å². The van der Waals surface area contributed by atoms with E-state index in [9.17, 15) is 5.11 Å². The molecule has 5 heteroatoms. The Hall–Kier alpha value is -2.01. The van der Waals surface area contributed by atoms with Gasteiger partial charge in [0.15, 0.2) is 5.75 Å². The highest BCUT2D eigenvalue weighted by Gasteiger charge is 2.18. The summed E-state index contributed by atoms with van der Waals surface area (Å²) in [6.07, 6.45) is 1.45. The van der Waals surface area contributed by atoms with E-state index in [1.54, 1.807) is 32.1 Å². The van der Waals surface area contributed by atoms with Gasteiger partial charge in [-0.05, 0) is 17.7 Å². The van der Waals surface area contributed by atoms with Gasteiger partial charge in [-0.3, -0.25) is 4.68 Å². The van der Waals surface area contributed by atoms with Crippen LogP contribution in [0.1, 0.15) is 17.4 Å². The van der Waals surface area contributed by atoms with Crippen molar-refractivity contribution in [3.8, 4) is 11.5 Å². The molecule has 0 aliphatic carbocycles. The Balaban J connectivity index is 2.15. The fourth-order valence-electron chi connectivity index (χ4n) is 2.05. The topological polar surface area (TPSA) is 56.5 Å². The van der Waals surface area contributed by atoms with E-state index in [1.807, 2.05) is 24.3 Å². The molecule has 0 aliphatic rings. The molecule has 2 aromatic rings. The van der Waals surface area contributed by atoms with Crippen LogP contribution in [0.25, 0.3) is 0 Å². The number of rotatable bonds is 5. The Kier molecular flexibility index (Phi) is 4.06. The Morgan fingerprint density at radius 1 is 1.21 bits per heavy atom. The van der Waals surface area contributed by atoms with Crippen molar-refractivity contribution in [2.75, 3.05) is 14.2 Å². The summed E-state index contributed by atoms with van der Waals surface area (Å²) >= 11 is 0. The lowest BCUT2D eigenvalue weighted by molar-refractivity contribution is 0.164. The van der Waals surface area contributed by atoms with Gasteiger partial charge in [0, 0.05) is 13.5 Å². The average Bonchev–Trinajstić information content (AvgIpc) is 2.80. The van der Waals surface area contributed by atoms with Gasteiger partial charge >= 0.3 is 0 Å². The van der Waals surface area contributed by atoms with Gasteiger partial charge in [0.05, 0.1) is 20.4 Å². The molecular weight excluding hydrogens is 244 g/mol. The molecule has 1 heterocycles. The van der Waals surface area contributed by atoms with E-state index >= 15 is 0 Å². The van der Waals surface area contributed by atoms with E-state index < -0.39 is 6.10 Å². The standard InChI is InChI=1S/C14H18N2O3/c1-16-14(13(19-3)9-15-16)12(17)8-10-4-6-11(18-2)7-5-10/h4-7,9,12,17H,8H2,1-3H3. The summed E-state index contributed by atoms with van der Waals surface area (Å²) in [6, 6.07) is 7.63. The molecule has 0 amide bonds. The summed E-state index contributed by atoms with van der Waals surface area (Å²) in [4.78, 5) is 0. The van der Waals surface area contributed by atoms with Gasteiger partial charge in [-0.25, -0.2) is 0 Å². The fourth-order valence-corrected chi connectivity index (χ4v) is 2.05. The summed E-state index contributed by atoms with van der Waals surface area (Å²) < 4.78 is 11.9. The molecule has 0 bridgehead atoms. The second-order valence-electron chi connectivity index (χ2n) is 4.29. The molecule has 2 rings (SSSR count). The van der Waals surface area contributed by atoms with Crippen molar-refractivity contribution in [3.05, 3.63) is 41.7 Å². The van der Waals surface area contributed by atoms with Crippen molar-refractivity contribution in [2.24, 2.45) is 7.05 Å². The van der Waals surface area contributed by atoms with Crippen molar-refractivity contribution in [2.45, 2.75) is 12.5 Å². The zero-order valence-electron chi connectivity index (χ0n) is 11.3. The molecule has 1 atom stereocenters. The van der Waals surface area contributed by atoms with Gasteiger partial charge in [-0.2, -0.15) is 5.10 Å². The molecule has 1 unspecified atom stereocenters. The fraction of sp³-hybridized carbons (Fsp3) is 0.357. The van der Waals surface area contributed by atoms with E-state index in [1.165, 1.54) is 0 Å². The van der Waals surface area contributed by atoms with Crippen LogP contribution in [0.15, 0.2) is 30.5 Å². The number of hydrogen-bond acceptors (Lipinski definition) is 4. The molecule has 0 radical (unpaired) electrons. The monoisotopic (exact) mass is 262 g/mol. The van der Waals surface area contributed by atoms with E-state index in [4.69, 9.17) is 9.47 Å². The number of ether oxygens (including phenoxy) is 2. The summed E-state index contributed by atoms with van der Waals surface area (Å²) in [7, 11) is 4.99. The Morgan fingerprint density at radius 2 is 1.89 bits per heavy atom. The molecule has 1 aromatic heterocycles. The van der Waals surface area contributed by atoms with Crippen LogP contribution >= 0.6 is 0 Å². The van der Waals surface area contributed by atoms with E-state index in [0.717, 1.165) is 11.3 Å².